The molecule has 0 bridgehead atoms. The van der Waals surface area contributed by atoms with Crippen molar-refractivity contribution >= 4 is 5.69 Å². The molecule has 0 aromatic heterocycles. The van der Waals surface area contributed by atoms with E-state index in [2.05, 4.69) is 69.3 Å². The van der Waals surface area contributed by atoms with E-state index in [1.54, 1.807) is 0 Å². The third-order valence-electron chi connectivity index (χ3n) is 4.15. The second kappa shape index (κ2) is 9.02. The molecule has 20 heavy (non-hydrogen) atoms. The van der Waals surface area contributed by atoms with E-state index < -0.39 is 0 Å². The van der Waals surface area contributed by atoms with E-state index in [0.29, 0.717) is 6.04 Å². The molecule has 0 spiro atoms. The van der Waals surface area contributed by atoms with Gasteiger partial charge in [-0.05, 0) is 43.0 Å². The highest BCUT2D eigenvalue weighted by Gasteiger charge is 2.16. The highest BCUT2D eigenvalue weighted by Crippen LogP contribution is 2.27. The molecule has 1 unspecified atom stereocenters. The highest BCUT2D eigenvalue weighted by molar-refractivity contribution is 5.47. The number of rotatable bonds is 9. The van der Waals surface area contributed by atoms with Crippen LogP contribution in [0.4, 0.5) is 5.69 Å². The van der Waals surface area contributed by atoms with Crippen molar-refractivity contribution in [2.45, 2.75) is 52.5 Å². The first kappa shape index (κ1) is 17.0. The first-order chi connectivity index (χ1) is 9.62. The number of hydrogen-bond acceptors (Lipinski definition) is 2. The molecule has 1 rings (SSSR count). The summed E-state index contributed by atoms with van der Waals surface area (Å²) < 4.78 is 0. The van der Waals surface area contributed by atoms with Gasteiger partial charge in [-0.25, -0.2) is 0 Å². The van der Waals surface area contributed by atoms with E-state index in [0.717, 1.165) is 12.5 Å². The number of benzene rings is 1. The van der Waals surface area contributed by atoms with Gasteiger partial charge >= 0.3 is 0 Å². The van der Waals surface area contributed by atoms with Crippen LogP contribution in [0.2, 0.25) is 0 Å². The molecule has 2 nitrogen and oxygen atoms in total. The SMILES string of the molecule is CCCNC(CC(CC)CC)c1cccc(N(C)C)c1. The van der Waals surface area contributed by atoms with Crippen LogP contribution in [-0.4, -0.2) is 20.6 Å². The van der Waals surface area contributed by atoms with Crippen LogP contribution in [0.5, 0.6) is 0 Å². The lowest BCUT2D eigenvalue weighted by atomic mass is 9.91. The van der Waals surface area contributed by atoms with Gasteiger partial charge in [-0.1, -0.05) is 45.7 Å². The Bertz CT molecular complexity index is 369. The Morgan fingerprint density at radius 2 is 1.80 bits per heavy atom. The summed E-state index contributed by atoms with van der Waals surface area (Å²) in [6.45, 7) is 7.94. The van der Waals surface area contributed by atoms with Gasteiger partial charge in [0.25, 0.3) is 0 Å². The predicted molar refractivity (Wildman–Crippen MR) is 90.5 cm³/mol. The summed E-state index contributed by atoms with van der Waals surface area (Å²) >= 11 is 0. The number of hydrogen-bond donors (Lipinski definition) is 1. The summed E-state index contributed by atoms with van der Waals surface area (Å²) in [6.07, 6.45) is 4.97. The molecule has 0 radical (unpaired) electrons. The lowest BCUT2D eigenvalue weighted by molar-refractivity contribution is 0.371. The lowest BCUT2D eigenvalue weighted by Crippen LogP contribution is -2.24. The van der Waals surface area contributed by atoms with Gasteiger partial charge in [-0.15, -0.1) is 0 Å². The van der Waals surface area contributed by atoms with E-state index in [1.807, 2.05) is 0 Å². The van der Waals surface area contributed by atoms with Gasteiger partial charge in [0.2, 0.25) is 0 Å². The Hall–Kier alpha value is -1.02. The van der Waals surface area contributed by atoms with Crippen molar-refractivity contribution in [1.29, 1.82) is 0 Å². The molecule has 0 amide bonds. The summed E-state index contributed by atoms with van der Waals surface area (Å²) in [6, 6.07) is 9.44. The Balaban J connectivity index is 2.88. The van der Waals surface area contributed by atoms with E-state index in [9.17, 15) is 0 Å². The van der Waals surface area contributed by atoms with Crippen molar-refractivity contribution in [3.63, 3.8) is 0 Å². The summed E-state index contributed by atoms with van der Waals surface area (Å²) in [5, 5.41) is 3.73. The third kappa shape index (κ3) is 5.16. The van der Waals surface area contributed by atoms with Gasteiger partial charge in [0, 0.05) is 25.8 Å². The van der Waals surface area contributed by atoms with Gasteiger partial charge in [0.1, 0.15) is 0 Å². The standard InChI is InChI=1S/C18H32N2/c1-6-12-19-18(13-15(7-2)8-3)16-10-9-11-17(14-16)20(4)5/h9-11,14-15,18-19H,6-8,12-13H2,1-5H3. The van der Waals surface area contributed by atoms with Crippen molar-refractivity contribution in [3.8, 4) is 0 Å². The van der Waals surface area contributed by atoms with Crippen LogP contribution in [-0.2, 0) is 0 Å². The smallest absolute Gasteiger partial charge is 0.0364 e. The summed E-state index contributed by atoms with van der Waals surface area (Å²) in [4.78, 5) is 2.18. The zero-order valence-corrected chi connectivity index (χ0v) is 13.9. The first-order valence-corrected chi connectivity index (χ1v) is 8.12. The molecule has 0 aliphatic rings. The molecule has 1 aromatic carbocycles. The van der Waals surface area contributed by atoms with E-state index in [-0.39, 0.29) is 0 Å². The van der Waals surface area contributed by atoms with Gasteiger partial charge in [0.05, 0.1) is 0 Å². The van der Waals surface area contributed by atoms with Crippen molar-refractivity contribution in [2.24, 2.45) is 5.92 Å². The summed E-state index contributed by atoms with van der Waals surface area (Å²) in [7, 11) is 4.21. The molecular formula is C18H32N2. The Morgan fingerprint density at radius 1 is 1.10 bits per heavy atom. The zero-order chi connectivity index (χ0) is 15.0. The fourth-order valence-corrected chi connectivity index (χ4v) is 2.63. The molecule has 1 aromatic rings. The predicted octanol–water partition coefficient (Wildman–Crippen LogP) is 4.62. The fraction of sp³-hybridized carbons (Fsp3) is 0.667. The largest absolute Gasteiger partial charge is 0.378 e. The van der Waals surface area contributed by atoms with Crippen LogP contribution in [0.15, 0.2) is 24.3 Å². The molecule has 114 valence electrons. The van der Waals surface area contributed by atoms with E-state index in [1.165, 1.54) is 36.9 Å². The Morgan fingerprint density at radius 3 is 2.35 bits per heavy atom. The maximum Gasteiger partial charge on any atom is 0.0364 e. The lowest BCUT2D eigenvalue weighted by Gasteiger charge is -2.25. The highest BCUT2D eigenvalue weighted by atomic mass is 15.1. The Labute approximate surface area is 125 Å². The zero-order valence-electron chi connectivity index (χ0n) is 13.9. The number of anilines is 1. The van der Waals surface area contributed by atoms with Crippen LogP contribution in [0.3, 0.4) is 0 Å². The summed E-state index contributed by atoms with van der Waals surface area (Å²) in [5.74, 6) is 0.812. The normalized spacial score (nSPS) is 12.7. The van der Waals surface area contributed by atoms with Crippen LogP contribution in [0.1, 0.15) is 58.1 Å². The molecule has 0 fully saturated rings. The van der Waals surface area contributed by atoms with E-state index in [4.69, 9.17) is 0 Å². The van der Waals surface area contributed by atoms with Crippen molar-refractivity contribution < 1.29 is 0 Å². The molecular weight excluding hydrogens is 244 g/mol. The number of nitrogens with zero attached hydrogens (tertiary/aromatic N) is 1. The maximum absolute atomic E-state index is 3.73. The molecule has 0 saturated carbocycles. The van der Waals surface area contributed by atoms with Gasteiger partial charge in [-0.2, -0.15) is 0 Å². The minimum atomic E-state index is 0.486. The monoisotopic (exact) mass is 276 g/mol. The Kier molecular flexibility index (Phi) is 7.68. The molecule has 0 heterocycles. The average molecular weight is 276 g/mol. The van der Waals surface area contributed by atoms with Crippen LogP contribution < -0.4 is 10.2 Å². The van der Waals surface area contributed by atoms with E-state index >= 15 is 0 Å². The minimum absolute atomic E-state index is 0.486. The molecule has 0 aliphatic heterocycles. The van der Waals surface area contributed by atoms with Crippen LogP contribution >= 0.6 is 0 Å². The van der Waals surface area contributed by atoms with Crippen LogP contribution in [0, 0.1) is 5.92 Å². The topological polar surface area (TPSA) is 15.3 Å². The maximum atomic E-state index is 3.73. The molecule has 0 aliphatic carbocycles. The first-order valence-electron chi connectivity index (χ1n) is 8.12. The second-order valence-corrected chi connectivity index (χ2v) is 5.91. The molecule has 1 N–H and O–H groups in total. The average Bonchev–Trinajstić information content (AvgIpc) is 2.47. The molecule has 1 atom stereocenters. The third-order valence-corrected chi connectivity index (χ3v) is 4.15. The van der Waals surface area contributed by atoms with Crippen LogP contribution in [0.25, 0.3) is 0 Å². The molecule has 0 saturated heterocycles. The van der Waals surface area contributed by atoms with Crippen molar-refractivity contribution in [2.75, 3.05) is 25.5 Å². The second-order valence-electron chi connectivity index (χ2n) is 5.91. The fourth-order valence-electron chi connectivity index (χ4n) is 2.63. The number of nitrogens with one attached hydrogen (secondary N) is 1. The van der Waals surface area contributed by atoms with Gasteiger partial charge in [0.15, 0.2) is 0 Å². The summed E-state index contributed by atoms with van der Waals surface area (Å²) in [5.41, 5.74) is 2.71. The van der Waals surface area contributed by atoms with Gasteiger partial charge in [-0.3, -0.25) is 0 Å². The quantitative estimate of drug-likeness (QED) is 0.708. The van der Waals surface area contributed by atoms with Gasteiger partial charge < -0.3 is 10.2 Å². The van der Waals surface area contributed by atoms with Crippen molar-refractivity contribution in [1.82, 2.24) is 5.32 Å². The molecule has 2 heteroatoms. The van der Waals surface area contributed by atoms with Crippen molar-refractivity contribution in [3.05, 3.63) is 29.8 Å². The minimum Gasteiger partial charge on any atom is -0.378 e.